The van der Waals surface area contributed by atoms with Gasteiger partial charge in [0.25, 0.3) is 11.8 Å². The Hall–Kier alpha value is -3.46. The first kappa shape index (κ1) is 21.3. The van der Waals surface area contributed by atoms with E-state index in [4.69, 9.17) is 10.2 Å². The summed E-state index contributed by atoms with van der Waals surface area (Å²) in [6.45, 7) is 3.34. The molecule has 0 aliphatic heterocycles. The number of carbonyl (C=O) groups is 3. The van der Waals surface area contributed by atoms with Gasteiger partial charge >= 0.3 is 0 Å². The molecule has 156 valence electrons. The second-order valence-corrected chi connectivity index (χ2v) is 7.89. The van der Waals surface area contributed by atoms with E-state index in [1.165, 1.54) is 52.8 Å². The van der Waals surface area contributed by atoms with E-state index < -0.39 is 23.5 Å². The van der Waals surface area contributed by atoms with Crippen LogP contribution in [-0.4, -0.2) is 29.2 Å². The van der Waals surface area contributed by atoms with Crippen molar-refractivity contribution in [3.63, 3.8) is 0 Å². The molecule has 0 fully saturated rings. The number of primary amides is 1. The van der Waals surface area contributed by atoms with Crippen molar-refractivity contribution in [3.8, 4) is 0 Å². The van der Waals surface area contributed by atoms with Gasteiger partial charge in [-0.2, -0.15) is 0 Å². The van der Waals surface area contributed by atoms with Gasteiger partial charge in [0.05, 0.1) is 11.8 Å². The fourth-order valence-corrected chi connectivity index (χ4v) is 4.00. The molecule has 0 bridgehead atoms. The molecular formula is C21H20FN3O4S. The number of nitrogens with one attached hydrogen (secondary N) is 1. The van der Waals surface area contributed by atoms with Crippen LogP contribution in [0.3, 0.4) is 0 Å². The van der Waals surface area contributed by atoms with Crippen LogP contribution in [0.15, 0.2) is 47.1 Å². The molecule has 0 radical (unpaired) electrons. The van der Waals surface area contributed by atoms with Crippen molar-refractivity contribution < 1.29 is 23.2 Å². The number of furan rings is 1. The number of thiophene rings is 1. The second-order valence-electron chi connectivity index (χ2n) is 6.66. The van der Waals surface area contributed by atoms with Gasteiger partial charge in [-0.3, -0.25) is 14.4 Å². The van der Waals surface area contributed by atoms with Crippen molar-refractivity contribution >= 4 is 34.1 Å². The van der Waals surface area contributed by atoms with E-state index in [9.17, 15) is 18.8 Å². The minimum absolute atomic E-state index is 0.0679. The standard InChI is InChI=1S/C21H20FN3O4S/c1-12-13(2)30-20(18(12)19(23)27)24-17(26)11-25(21(28)16-4-3-9-29-16)10-14-5-7-15(22)8-6-14/h3-9H,10-11H2,1-2H3,(H2,23,27)(H,24,26). The lowest BCUT2D eigenvalue weighted by atomic mass is 10.1. The highest BCUT2D eigenvalue weighted by Crippen LogP contribution is 2.32. The lowest BCUT2D eigenvalue weighted by Gasteiger charge is -2.21. The van der Waals surface area contributed by atoms with Gasteiger partial charge in [0, 0.05) is 11.4 Å². The molecule has 0 spiro atoms. The van der Waals surface area contributed by atoms with Crippen molar-refractivity contribution in [2.45, 2.75) is 20.4 Å². The SMILES string of the molecule is Cc1sc(NC(=O)CN(Cc2ccc(F)cc2)C(=O)c2ccco2)c(C(N)=O)c1C. The maximum absolute atomic E-state index is 13.2. The van der Waals surface area contributed by atoms with E-state index in [0.29, 0.717) is 16.1 Å². The molecule has 0 atom stereocenters. The highest BCUT2D eigenvalue weighted by molar-refractivity contribution is 7.16. The molecule has 0 saturated heterocycles. The molecule has 7 nitrogen and oxygen atoms in total. The van der Waals surface area contributed by atoms with Gasteiger partial charge in [0.15, 0.2) is 5.76 Å². The second kappa shape index (κ2) is 8.91. The minimum Gasteiger partial charge on any atom is -0.459 e. The summed E-state index contributed by atoms with van der Waals surface area (Å²) in [5.74, 6) is -1.95. The summed E-state index contributed by atoms with van der Waals surface area (Å²) in [6, 6.07) is 8.69. The van der Waals surface area contributed by atoms with Crippen molar-refractivity contribution in [2.75, 3.05) is 11.9 Å². The molecule has 3 rings (SSSR count). The normalized spacial score (nSPS) is 10.6. The fourth-order valence-electron chi connectivity index (χ4n) is 2.92. The van der Waals surface area contributed by atoms with Crippen molar-refractivity contribution in [1.82, 2.24) is 4.90 Å². The fraction of sp³-hybridized carbons (Fsp3) is 0.190. The van der Waals surface area contributed by atoms with E-state index in [1.807, 2.05) is 6.92 Å². The number of amides is 3. The third-order valence-corrected chi connectivity index (χ3v) is 5.65. The summed E-state index contributed by atoms with van der Waals surface area (Å²) in [7, 11) is 0. The Bertz CT molecular complexity index is 1070. The number of halogens is 1. The van der Waals surface area contributed by atoms with Gasteiger partial charge in [0.1, 0.15) is 17.4 Å². The average Bonchev–Trinajstić information content (AvgIpc) is 3.31. The van der Waals surface area contributed by atoms with Crippen LogP contribution < -0.4 is 11.1 Å². The Labute approximate surface area is 176 Å². The summed E-state index contributed by atoms with van der Waals surface area (Å²) in [4.78, 5) is 39.4. The maximum Gasteiger partial charge on any atom is 0.290 e. The number of nitrogens with zero attached hydrogens (tertiary/aromatic N) is 1. The van der Waals surface area contributed by atoms with Gasteiger partial charge in [-0.15, -0.1) is 11.3 Å². The third kappa shape index (κ3) is 4.74. The molecule has 2 aromatic heterocycles. The molecule has 0 aliphatic carbocycles. The summed E-state index contributed by atoms with van der Waals surface area (Å²) in [5, 5.41) is 3.02. The molecule has 3 N–H and O–H groups in total. The molecule has 1 aromatic carbocycles. The van der Waals surface area contributed by atoms with E-state index >= 15 is 0 Å². The third-order valence-electron chi connectivity index (χ3n) is 4.52. The number of rotatable bonds is 7. The topological polar surface area (TPSA) is 106 Å². The van der Waals surface area contributed by atoms with Crippen LogP contribution in [0.25, 0.3) is 0 Å². The van der Waals surface area contributed by atoms with Crippen LogP contribution in [0.4, 0.5) is 9.39 Å². The summed E-state index contributed by atoms with van der Waals surface area (Å²) in [5.41, 5.74) is 7.05. The van der Waals surface area contributed by atoms with Crippen LogP contribution in [-0.2, 0) is 11.3 Å². The van der Waals surface area contributed by atoms with Gasteiger partial charge < -0.3 is 20.4 Å². The van der Waals surface area contributed by atoms with Crippen LogP contribution >= 0.6 is 11.3 Å². The highest BCUT2D eigenvalue weighted by atomic mass is 32.1. The highest BCUT2D eigenvalue weighted by Gasteiger charge is 2.24. The smallest absolute Gasteiger partial charge is 0.290 e. The first-order valence-electron chi connectivity index (χ1n) is 9.03. The summed E-state index contributed by atoms with van der Waals surface area (Å²) in [6.07, 6.45) is 1.36. The van der Waals surface area contributed by atoms with Crippen molar-refractivity contribution in [1.29, 1.82) is 0 Å². The molecule has 2 heterocycles. The van der Waals surface area contributed by atoms with Crippen LogP contribution in [0.2, 0.25) is 0 Å². The van der Waals surface area contributed by atoms with Gasteiger partial charge in [-0.1, -0.05) is 12.1 Å². The Morgan fingerprint density at radius 1 is 1.17 bits per heavy atom. The molecule has 3 amide bonds. The predicted molar refractivity (Wildman–Crippen MR) is 111 cm³/mol. The zero-order chi connectivity index (χ0) is 21.8. The lowest BCUT2D eigenvalue weighted by molar-refractivity contribution is -0.117. The van der Waals surface area contributed by atoms with E-state index in [2.05, 4.69) is 5.32 Å². The van der Waals surface area contributed by atoms with Crippen molar-refractivity contribution in [2.24, 2.45) is 5.73 Å². The van der Waals surface area contributed by atoms with E-state index in [0.717, 1.165) is 4.88 Å². The minimum atomic E-state index is -0.637. The first-order valence-corrected chi connectivity index (χ1v) is 9.84. The van der Waals surface area contributed by atoms with E-state index in [1.54, 1.807) is 13.0 Å². The first-order chi connectivity index (χ1) is 14.3. The van der Waals surface area contributed by atoms with E-state index in [-0.39, 0.29) is 24.4 Å². The van der Waals surface area contributed by atoms with Crippen molar-refractivity contribution in [3.05, 3.63) is 75.8 Å². The van der Waals surface area contributed by atoms with Crippen LogP contribution in [0.5, 0.6) is 0 Å². The average molecular weight is 429 g/mol. The Kier molecular flexibility index (Phi) is 6.31. The summed E-state index contributed by atoms with van der Waals surface area (Å²) < 4.78 is 18.4. The van der Waals surface area contributed by atoms with Crippen LogP contribution in [0.1, 0.15) is 36.9 Å². The number of hydrogen-bond acceptors (Lipinski definition) is 5. The lowest BCUT2D eigenvalue weighted by Crippen LogP contribution is -2.37. The molecule has 30 heavy (non-hydrogen) atoms. The molecule has 0 unspecified atom stereocenters. The molecular weight excluding hydrogens is 409 g/mol. The maximum atomic E-state index is 13.2. The molecule has 3 aromatic rings. The number of benzene rings is 1. The Balaban J connectivity index is 1.81. The number of nitrogens with two attached hydrogens (primary N) is 1. The molecule has 0 saturated carbocycles. The number of aryl methyl sites for hydroxylation is 1. The van der Waals surface area contributed by atoms with Gasteiger partial charge in [-0.25, -0.2) is 4.39 Å². The van der Waals surface area contributed by atoms with Gasteiger partial charge in [0.2, 0.25) is 5.91 Å². The monoisotopic (exact) mass is 429 g/mol. The van der Waals surface area contributed by atoms with Gasteiger partial charge in [-0.05, 0) is 49.2 Å². The Morgan fingerprint density at radius 2 is 1.87 bits per heavy atom. The quantitative estimate of drug-likeness (QED) is 0.600. The summed E-state index contributed by atoms with van der Waals surface area (Å²) >= 11 is 1.24. The number of hydrogen-bond donors (Lipinski definition) is 2. The zero-order valence-electron chi connectivity index (χ0n) is 16.4. The zero-order valence-corrected chi connectivity index (χ0v) is 17.2. The number of carbonyl (C=O) groups excluding carboxylic acids is 3. The number of anilines is 1. The molecule has 9 heteroatoms. The molecule has 0 aliphatic rings. The largest absolute Gasteiger partial charge is 0.459 e. The Morgan fingerprint density at radius 3 is 2.47 bits per heavy atom. The predicted octanol–water partition coefficient (Wildman–Crippen LogP) is 3.48. The van der Waals surface area contributed by atoms with Crippen LogP contribution in [0, 0.1) is 19.7 Å².